The van der Waals surface area contributed by atoms with Gasteiger partial charge < -0.3 is 0 Å². The minimum absolute atomic E-state index is 0.218. The van der Waals surface area contributed by atoms with Gasteiger partial charge in [-0.15, -0.1) is 11.3 Å². The van der Waals surface area contributed by atoms with Gasteiger partial charge in [-0.2, -0.15) is 18.3 Å². The second kappa shape index (κ2) is 3.77. The number of thiazole rings is 1. The number of halogens is 3. The van der Waals surface area contributed by atoms with Crippen molar-refractivity contribution in [2.45, 2.75) is 6.18 Å². The smallest absolute Gasteiger partial charge is 0.276 e. The molecule has 0 unspecified atom stereocenters. The number of fused-ring (bicyclic) bond motifs is 1. The van der Waals surface area contributed by atoms with Gasteiger partial charge in [0.2, 0.25) is 0 Å². The summed E-state index contributed by atoms with van der Waals surface area (Å²) >= 11 is 0.559. The molecule has 0 bridgehead atoms. The summed E-state index contributed by atoms with van der Waals surface area (Å²) < 4.78 is 37.3. The Balaban J connectivity index is 2.06. The summed E-state index contributed by atoms with van der Waals surface area (Å²) in [6, 6.07) is 1.65. The quantitative estimate of drug-likeness (QED) is 0.739. The van der Waals surface area contributed by atoms with Gasteiger partial charge in [0, 0.05) is 10.8 Å². The molecule has 0 spiro atoms. The number of nitrogens with zero attached hydrogens (tertiary/aromatic N) is 3. The van der Waals surface area contributed by atoms with Crippen molar-refractivity contribution in [3.05, 3.63) is 28.8 Å². The Kier molecular flexibility index (Phi) is 2.34. The Labute approximate surface area is 103 Å². The van der Waals surface area contributed by atoms with Gasteiger partial charge in [-0.3, -0.25) is 10.1 Å². The summed E-state index contributed by atoms with van der Waals surface area (Å²) in [4.78, 5) is 7.59. The first-order valence-electron chi connectivity index (χ1n) is 4.86. The van der Waals surface area contributed by atoms with Gasteiger partial charge >= 0.3 is 6.18 Å². The molecule has 92 valence electrons. The zero-order valence-corrected chi connectivity index (χ0v) is 9.51. The fraction of sp³-hybridized carbons (Fsp3) is 0.100. The van der Waals surface area contributed by atoms with Gasteiger partial charge in [0.1, 0.15) is 5.69 Å². The molecule has 0 aromatic carbocycles. The predicted octanol–water partition coefficient (Wildman–Crippen LogP) is 3.10. The fourth-order valence-electron chi connectivity index (χ4n) is 1.50. The van der Waals surface area contributed by atoms with E-state index in [-0.39, 0.29) is 5.69 Å². The number of aromatic nitrogens is 4. The summed E-state index contributed by atoms with van der Waals surface area (Å²) in [6.45, 7) is 0. The van der Waals surface area contributed by atoms with Crippen LogP contribution in [0.4, 0.5) is 13.2 Å². The third-order valence-electron chi connectivity index (χ3n) is 2.33. The van der Waals surface area contributed by atoms with Crippen molar-refractivity contribution in [2.24, 2.45) is 0 Å². The Morgan fingerprint density at radius 3 is 2.72 bits per heavy atom. The lowest BCUT2D eigenvalue weighted by molar-refractivity contribution is -0.137. The third kappa shape index (κ3) is 1.84. The number of hydrogen-bond acceptors (Lipinski definition) is 4. The molecule has 3 heterocycles. The molecule has 1 N–H and O–H groups in total. The number of aromatic amines is 1. The molecule has 18 heavy (non-hydrogen) atoms. The van der Waals surface area contributed by atoms with Crippen LogP contribution in [0.2, 0.25) is 0 Å². The van der Waals surface area contributed by atoms with Crippen LogP contribution in [0.15, 0.2) is 23.8 Å². The lowest BCUT2D eigenvalue weighted by Crippen LogP contribution is -2.03. The van der Waals surface area contributed by atoms with Crippen molar-refractivity contribution >= 4 is 22.2 Å². The first kappa shape index (κ1) is 11.1. The topological polar surface area (TPSA) is 54.5 Å². The molecule has 0 atom stereocenters. The molecule has 3 aromatic rings. The minimum atomic E-state index is -4.41. The molecule has 0 amide bonds. The molecule has 0 saturated carbocycles. The number of H-pyrrole nitrogens is 1. The van der Waals surface area contributed by atoms with Crippen LogP contribution in [0.25, 0.3) is 22.3 Å². The first-order chi connectivity index (χ1) is 8.54. The molecule has 0 fully saturated rings. The standard InChI is InChI=1S/C10H5F3N4S/c11-10(12,13)9-16-8(4-18-9)6-1-5-2-15-17-7(5)3-14-6/h1-4H,(H,15,17). The number of alkyl halides is 3. The molecule has 8 heteroatoms. The van der Waals surface area contributed by atoms with Crippen molar-refractivity contribution in [2.75, 3.05) is 0 Å². The Morgan fingerprint density at radius 1 is 1.17 bits per heavy atom. The maximum atomic E-state index is 12.4. The minimum Gasteiger partial charge on any atom is -0.276 e. The van der Waals surface area contributed by atoms with Crippen LogP contribution in [0, 0.1) is 0 Å². The van der Waals surface area contributed by atoms with Crippen molar-refractivity contribution in [1.29, 1.82) is 0 Å². The van der Waals surface area contributed by atoms with Gasteiger partial charge in [0.05, 0.1) is 23.6 Å². The molecule has 3 aromatic heterocycles. The molecular weight excluding hydrogens is 265 g/mol. The molecule has 3 rings (SSSR count). The molecule has 0 aliphatic rings. The predicted molar refractivity (Wildman–Crippen MR) is 60.0 cm³/mol. The van der Waals surface area contributed by atoms with Crippen molar-refractivity contribution in [3.63, 3.8) is 0 Å². The van der Waals surface area contributed by atoms with Gasteiger partial charge in [0.15, 0.2) is 5.01 Å². The third-order valence-corrected chi connectivity index (χ3v) is 3.22. The van der Waals surface area contributed by atoms with Crippen molar-refractivity contribution in [3.8, 4) is 11.4 Å². The van der Waals surface area contributed by atoms with E-state index in [1.165, 1.54) is 11.6 Å². The number of rotatable bonds is 1. The van der Waals surface area contributed by atoms with Crippen LogP contribution in [0.5, 0.6) is 0 Å². The Bertz CT molecular complexity index is 700. The van der Waals surface area contributed by atoms with Crippen LogP contribution < -0.4 is 0 Å². The van der Waals surface area contributed by atoms with Gasteiger partial charge in [-0.1, -0.05) is 0 Å². The highest BCUT2D eigenvalue weighted by Gasteiger charge is 2.34. The van der Waals surface area contributed by atoms with E-state index in [1.807, 2.05) is 0 Å². The number of nitrogens with one attached hydrogen (secondary N) is 1. The largest absolute Gasteiger partial charge is 0.443 e. The maximum Gasteiger partial charge on any atom is 0.443 e. The monoisotopic (exact) mass is 270 g/mol. The first-order valence-corrected chi connectivity index (χ1v) is 5.74. The van der Waals surface area contributed by atoms with E-state index in [0.29, 0.717) is 17.0 Å². The van der Waals surface area contributed by atoms with Crippen LogP contribution in [0.1, 0.15) is 5.01 Å². The van der Waals surface area contributed by atoms with E-state index >= 15 is 0 Å². The average Bonchev–Trinajstić information content (AvgIpc) is 2.96. The van der Waals surface area contributed by atoms with E-state index < -0.39 is 11.2 Å². The maximum absolute atomic E-state index is 12.4. The van der Waals surface area contributed by atoms with Crippen molar-refractivity contribution < 1.29 is 13.2 Å². The van der Waals surface area contributed by atoms with Gasteiger partial charge in [-0.05, 0) is 6.07 Å². The zero-order valence-electron chi connectivity index (χ0n) is 8.69. The Hall–Kier alpha value is -1.96. The van der Waals surface area contributed by atoms with Crippen molar-refractivity contribution in [1.82, 2.24) is 20.2 Å². The number of pyridine rings is 1. The van der Waals surface area contributed by atoms with Gasteiger partial charge in [-0.25, -0.2) is 4.98 Å². The van der Waals surface area contributed by atoms with Crippen LogP contribution in [-0.2, 0) is 6.18 Å². The zero-order chi connectivity index (χ0) is 12.8. The average molecular weight is 270 g/mol. The normalized spacial score (nSPS) is 12.2. The second-order valence-electron chi connectivity index (χ2n) is 3.56. The molecule has 0 radical (unpaired) electrons. The highest BCUT2D eigenvalue weighted by molar-refractivity contribution is 7.10. The van der Waals surface area contributed by atoms with E-state index in [1.54, 1.807) is 12.3 Å². The lowest BCUT2D eigenvalue weighted by atomic mass is 10.2. The summed E-state index contributed by atoms with van der Waals surface area (Å²) in [5, 5.41) is 7.79. The SMILES string of the molecule is FC(F)(F)c1nc(-c2cc3cn[nH]c3cn2)cs1. The molecule has 0 saturated heterocycles. The highest BCUT2D eigenvalue weighted by Crippen LogP contribution is 2.34. The summed E-state index contributed by atoms with van der Waals surface area (Å²) in [7, 11) is 0. The molecule has 4 nitrogen and oxygen atoms in total. The van der Waals surface area contributed by atoms with Crippen LogP contribution in [0.3, 0.4) is 0 Å². The summed E-state index contributed by atoms with van der Waals surface area (Å²) in [5.74, 6) is 0. The Morgan fingerprint density at radius 2 is 2.00 bits per heavy atom. The fourth-order valence-corrected chi connectivity index (χ4v) is 2.19. The summed E-state index contributed by atoms with van der Waals surface area (Å²) in [5.41, 5.74) is 1.34. The number of hydrogen-bond donors (Lipinski definition) is 1. The van der Waals surface area contributed by atoms with E-state index in [4.69, 9.17) is 0 Å². The molecule has 0 aliphatic carbocycles. The van der Waals surface area contributed by atoms with E-state index in [0.717, 1.165) is 10.9 Å². The van der Waals surface area contributed by atoms with E-state index in [9.17, 15) is 13.2 Å². The highest BCUT2D eigenvalue weighted by atomic mass is 32.1. The summed E-state index contributed by atoms with van der Waals surface area (Å²) in [6.07, 6.45) is -1.31. The van der Waals surface area contributed by atoms with Crippen LogP contribution >= 0.6 is 11.3 Å². The molecular formula is C10H5F3N4S. The van der Waals surface area contributed by atoms with E-state index in [2.05, 4.69) is 20.2 Å². The second-order valence-corrected chi connectivity index (χ2v) is 4.42. The molecule has 0 aliphatic heterocycles. The van der Waals surface area contributed by atoms with Crippen LogP contribution in [-0.4, -0.2) is 20.2 Å². The lowest BCUT2D eigenvalue weighted by Gasteiger charge is -1.99. The van der Waals surface area contributed by atoms with Gasteiger partial charge in [0.25, 0.3) is 0 Å².